The lowest BCUT2D eigenvalue weighted by atomic mass is 10.2. The topological polar surface area (TPSA) is 74.8 Å². The molecule has 0 saturated heterocycles. The molecule has 18 heavy (non-hydrogen) atoms. The van der Waals surface area contributed by atoms with Gasteiger partial charge in [0.05, 0.1) is 22.9 Å². The monoisotopic (exact) mass is 279 g/mol. The third-order valence-electron chi connectivity index (χ3n) is 2.51. The van der Waals surface area contributed by atoms with Crippen LogP contribution in [0, 0.1) is 0 Å². The molecular weight excluding hydrogens is 270 g/mol. The molecule has 0 unspecified atom stereocenters. The van der Waals surface area contributed by atoms with Crippen LogP contribution in [0.3, 0.4) is 0 Å². The zero-order chi connectivity index (χ0) is 12.6. The number of sulfonamides is 1. The van der Waals surface area contributed by atoms with Crippen LogP contribution in [0.5, 0.6) is 0 Å². The number of rotatable bonds is 3. The number of fused-ring (bicyclic) bond motifs is 1. The van der Waals surface area contributed by atoms with E-state index < -0.39 is 10.0 Å². The minimum absolute atomic E-state index is 0.200. The maximum atomic E-state index is 12.1. The molecule has 0 aliphatic heterocycles. The molecule has 3 rings (SSSR count). The lowest BCUT2D eigenvalue weighted by molar-refractivity contribution is 0.603. The number of hydrogen-bond donors (Lipinski definition) is 2. The first-order valence-electron chi connectivity index (χ1n) is 5.14. The van der Waals surface area contributed by atoms with E-state index in [-0.39, 0.29) is 4.21 Å². The summed E-state index contributed by atoms with van der Waals surface area (Å²) in [4.78, 5) is 6.79. The summed E-state index contributed by atoms with van der Waals surface area (Å²) in [5.74, 6) is 0. The van der Waals surface area contributed by atoms with E-state index >= 15 is 0 Å². The standard InChI is InChI=1S/C11H9N3O2S2/c15-18(16,10-6-12-7-17-10)14-9-3-1-2-8-4-5-13-11(8)9/h1-7,13-14H. The Hall–Kier alpha value is -1.86. The fourth-order valence-electron chi connectivity index (χ4n) is 1.70. The predicted molar refractivity (Wildman–Crippen MR) is 71.2 cm³/mol. The summed E-state index contributed by atoms with van der Waals surface area (Å²) in [5, 5.41) is 0.958. The molecule has 1 aromatic carbocycles. The zero-order valence-electron chi connectivity index (χ0n) is 9.12. The summed E-state index contributed by atoms with van der Waals surface area (Å²) in [7, 11) is -3.55. The van der Waals surface area contributed by atoms with Gasteiger partial charge < -0.3 is 4.98 Å². The van der Waals surface area contributed by atoms with Gasteiger partial charge in [-0.2, -0.15) is 0 Å². The van der Waals surface area contributed by atoms with Gasteiger partial charge in [-0.1, -0.05) is 12.1 Å². The first-order valence-corrected chi connectivity index (χ1v) is 7.50. The highest BCUT2D eigenvalue weighted by Gasteiger charge is 2.17. The molecule has 2 heterocycles. The summed E-state index contributed by atoms with van der Waals surface area (Å²) < 4.78 is 26.9. The Morgan fingerprint density at radius 3 is 2.94 bits per heavy atom. The Balaban J connectivity index is 2.05. The lowest BCUT2D eigenvalue weighted by Crippen LogP contribution is -2.11. The van der Waals surface area contributed by atoms with Gasteiger partial charge in [0.1, 0.15) is 0 Å². The van der Waals surface area contributed by atoms with Crippen molar-refractivity contribution in [1.29, 1.82) is 0 Å². The number of H-pyrrole nitrogens is 1. The van der Waals surface area contributed by atoms with Crippen LogP contribution in [0.15, 0.2) is 46.4 Å². The van der Waals surface area contributed by atoms with Crippen LogP contribution in [-0.4, -0.2) is 18.4 Å². The molecule has 0 radical (unpaired) electrons. The second-order valence-electron chi connectivity index (χ2n) is 3.67. The minimum Gasteiger partial charge on any atom is -0.359 e. The van der Waals surface area contributed by atoms with Gasteiger partial charge >= 0.3 is 0 Å². The molecule has 0 bridgehead atoms. The molecule has 5 nitrogen and oxygen atoms in total. The number of aromatic nitrogens is 2. The highest BCUT2D eigenvalue weighted by Crippen LogP contribution is 2.25. The van der Waals surface area contributed by atoms with E-state index in [1.165, 1.54) is 11.7 Å². The van der Waals surface area contributed by atoms with Gasteiger partial charge in [-0.3, -0.25) is 9.71 Å². The van der Waals surface area contributed by atoms with E-state index in [0.717, 1.165) is 22.2 Å². The van der Waals surface area contributed by atoms with Crippen LogP contribution in [0.4, 0.5) is 5.69 Å². The molecule has 0 amide bonds. The van der Waals surface area contributed by atoms with E-state index in [0.29, 0.717) is 5.69 Å². The third kappa shape index (κ3) is 1.87. The van der Waals surface area contributed by atoms with Crippen LogP contribution in [-0.2, 0) is 10.0 Å². The smallest absolute Gasteiger partial charge is 0.273 e. The molecule has 2 N–H and O–H groups in total. The number of para-hydroxylation sites is 1. The van der Waals surface area contributed by atoms with Gasteiger partial charge in [0, 0.05) is 11.6 Å². The highest BCUT2D eigenvalue weighted by molar-refractivity contribution is 7.94. The summed E-state index contributed by atoms with van der Waals surface area (Å²) in [5.41, 5.74) is 2.79. The second kappa shape index (κ2) is 4.11. The summed E-state index contributed by atoms with van der Waals surface area (Å²) >= 11 is 1.08. The van der Waals surface area contributed by atoms with Crippen molar-refractivity contribution in [1.82, 2.24) is 9.97 Å². The fourth-order valence-corrected chi connectivity index (χ4v) is 3.57. The molecule has 0 atom stereocenters. The van der Waals surface area contributed by atoms with Crippen LogP contribution in [0.1, 0.15) is 0 Å². The maximum absolute atomic E-state index is 12.1. The Kier molecular flexibility index (Phi) is 2.57. The van der Waals surface area contributed by atoms with Crippen molar-refractivity contribution in [3.8, 4) is 0 Å². The number of hydrogen-bond acceptors (Lipinski definition) is 4. The van der Waals surface area contributed by atoms with Crippen molar-refractivity contribution in [3.05, 3.63) is 42.2 Å². The number of aromatic amines is 1. The zero-order valence-corrected chi connectivity index (χ0v) is 10.8. The average molecular weight is 279 g/mol. The van der Waals surface area contributed by atoms with E-state index in [9.17, 15) is 8.42 Å². The molecule has 0 saturated carbocycles. The first kappa shape index (κ1) is 11.2. The molecule has 2 aromatic heterocycles. The molecule has 3 aromatic rings. The van der Waals surface area contributed by atoms with Crippen LogP contribution in [0.25, 0.3) is 10.9 Å². The van der Waals surface area contributed by atoms with Crippen LogP contribution in [0.2, 0.25) is 0 Å². The van der Waals surface area contributed by atoms with Gasteiger partial charge in [-0.05, 0) is 12.1 Å². The van der Waals surface area contributed by atoms with Gasteiger partial charge in [-0.25, -0.2) is 8.42 Å². The molecule has 0 aliphatic carbocycles. The predicted octanol–water partition coefficient (Wildman–Crippen LogP) is 2.43. The third-order valence-corrected chi connectivity index (χ3v) is 5.14. The summed E-state index contributed by atoms with van der Waals surface area (Å²) in [6.07, 6.45) is 3.11. The van der Waals surface area contributed by atoms with Gasteiger partial charge in [0.25, 0.3) is 10.0 Å². The van der Waals surface area contributed by atoms with E-state index in [4.69, 9.17) is 0 Å². The summed E-state index contributed by atoms with van der Waals surface area (Å²) in [6, 6.07) is 7.33. The van der Waals surface area contributed by atoms with E-state index in [2.05, 4.69) is 14.7 Å². The van der Waals surface area contributed by atoms with Crippen molar-refractivity contribution in [2.45, 2.75) is 4.21 Å². The summed E-state index contributed by atoms with van der Waals surface area (Å²) in [6.45, 7) is 0. The minimum atomic E-state index is -3.55. The van der Waals surface area contributed by atoms with Crippen molar-refractivity contribution < 1.29 is 8.42 Å². The van der Waals surface area contributed by atoms with E-state index in [1.54, 1.807) is 18.3 Å². The Morgan fingerprint density at radius 2 is 2.17 bits per heavy atom. The SMILES string of the molecule is O=S(=O)(Nc1cccc2cc[nH]c12)c1cncs1. The molecule has 0 spiro atoms. The Morgan fingerprint density at radius 1 is 1.28 bits per heavy atom. The lowest BCUT2D eigenvalue weighted by Gasteiger charge is -2.06. The maximum Gasteiger partial charge on any atom is 0.273 e. The van der Waals surface area contributed by atoms with Gasteiger partial charge in [0.15, 0.2) is 4.21 Å². The van der Waals surface area contributed by atoms with E-state index in [1.807, 2.05) is 12.1 Å². The molecular formula is C11H9N3O2S2. The number of thiazole rings is 1. The molecule has 0 fully saturated rings. The van der Waals surface area contributed by atoms with Crippen LogP contribution < -0.4 is 4.72 Å². The Bertz CT molecular complexity index is 776. The van der Waals surface area contributed by atoms with Crippen molar-refractivity contribution >= 4 is 38.0 Å². The van der Waals surface area contributed by atoms with Gasteiger partial charge in [-0.15, -0.1) is 11.3 Å². The van der Waals surface area contributed by atoms with Gasteiger partial charge in [0.2, 0.25) is 0 Å². The first-order chi connectivity index (χ1) is 8.67. The van der Waals surface area contributed by atoms with Crippen molar-refractivity contribution in [2.24, 2.45) is 0 Å². The number of anilines is 1. The van der Waals surface area contributed by atoms with Crippen molar-refractivity contribution in [2.75, 3.05) is 4.72 Å². The average Bonchev–Trinajstić information content (AvgIpc) is 3.00. The quantitative estimate of drug-likeness (QED) is 0.773. The fraction of sp³-hybridized carbons (Fsp3) is 0. The molecule has 92 valence electrons. The van der Waals surface area contributed by atoms with Crippen molar-refractivity contribution in [3.63, 3.8) is 0 Å². The number of benzene rings is 1. The van der Waals surface area contributed by atoms with Crippen LogP contribution >= 0.6 is 11.3 Å². The normalized spacial score (nSPS) is 11.8. The number of nitrogens with one attached hydrogen (secondary N) is 2. The largest absolute Gasteiger partial charge is 0.359 e. The molecule has 7 heteroatoms. The second-order valence-corrected chi connectivity index (χ2v) is 6.47. The molecule has 0 aliphatic rings. The Labute approximate surface area is 108 Å². The highest BCUT2D eigenvalue weighted by atomic mass is 32.2. The number of nitrogens with zero attached hydrogens (tertiary/aromatic N) is 1.